The molecule has 1 atom stereocenters. The van der Waals surface area contributed by atoms with Crippen LogP contribution in [0.5, 0.6) is 5.75 Å². The van der Waals surface area contributed by atoms with Gasteiger partial charge in [-0.15, -0.1) is 0 Å². The molecule has 3 rings (SSSR count). The Kier molecular flexibility index (Phi) is 7.09. The lowest BCUT2D eigenvalue weighted by Crippen LogP contribution is -2.45. The molecule has 7 heteroatoms. The van der Waals surface area contributed by atoms with Crippen LogP contribution in [0.1, 0.15) is 16.7 Å². The number of carbonyl (C=O) groups excluding carboxylic acids is 1. The Morgan fingerprint density at radius 2 is 1.65 bits per heavy atom. The Morgan fingerprint density at radius 1 is 0.968 bits per heavy atom. The van der Waals surface area contributed by atoms with E-state index in [1.54, 1.807) is 25.1 Å². The quantitative estimate of drug-likeness (QED) is 0.560. The van der Waals surface area contributed by atoms with Crippen LogP contribution in [0, 0.1) is 13.8 Å². The van der Waals surface area contributed by atoms with Crippen molar-refractivity contribution in [3.63, 3.8) is 0 Å². The average Bonchev–Trinajstić information content (AvgIpc) is 2.75. The highest BCUT2D eigenvalue weighted by Gasteiger charge is 2.26. The first-order valence-electron chi connectivity index (χ1n) is 9.87. The number of hydrogen-bond donors (Lipinski definition) is 2. The molecule has 31 heavy (non-hydrogen) atoms. The van der Waals surface area contributed by atoms with Crippen LogP contribution in [0.4, 0.5) is 5.69 Å². The number of methoxy groups -OCH3 is 1. The Morgan fingerprint density at radius 3 is 2.26 bits per heavy atom. The first kappa shape index (κ1) is 22.5. The summed E-state index contributed by atoms with van der Waals surface area (Å²) in [7, 11) is -2.41. The maximum Gasteiger partial charge on any atom is 0.242 e. The van der Waals surface area contributed by atoms with Gasteiger partial charge in [0.2, 0.25) is 15.9 Å². The largest absolute Gasteiger partial charge is 0.496 e. The van der Waals surface area contributed by atoms with Crippen LogP contribution in [0.25, 0.3) is 0 Å². The van der Waals surface area contributed by atoms with Crippen molar-refractivity contribution in [3.8, 4) is 5.75 Å². The number of benzene rings is 3. The summed E-state index contributed by atoms with van der Waals surface area (Å²) in [6.07, 6.45) is 0.215. The van der Waals surface area contributed by atoms with E-state index in [0.717, 1.165) is 11.1 Å². The molecule has 0 saturated heterocycles. The number of ether oxygens (including phenoxy) is 1. The minimum absolute atomic E-state index is 0.0759. The Hall–Kier alpha value is -3.16. The van der Waals surface area contributed by atoms with Crippen LogP contribution in [0.3, 0.4) is 0 Å². The molecule has 0 radical (unpaired) electrons. The van der Waals surface area contributed by atoms with Crippen LogP contribution in [-0.2, 0) is 21.2 Å². The molecule has 1 amide bonds. The summed E-state index contributed by atoms with van der Waals surface area (Å²) < 4.78 is 33.9. The van der Waals surface area contributed by atoms with Crippen LogP contribution in [0.2, 0.25) is 0 Å². The monoisotopic (exact) mass is 438 g/mol. The average molecular weight is 439 g/mol. The smallest absolute Gasteiger partial charge is 0.242 e. The molecule has 0 spiro atoms. The van der Waals surface area contributed by atoms with Gasteiger partial charge in [-0.05, 0) is 61.7 Å². The van der Waals surface area contributed by atoms with Gasteiger partial charge in [0.15, 0.2) is 0 Å². The van der Waals surface area contributed by atoms with E-state index in [-0.39, 0.29) is 11.3 Å². The normalized spacial score (nSPS) is 12.2. The van der Waals surface area contributed by atoms with Crippen molar-refractivity contribution >= 4 is 21.6 Å². The Bertz CT molecular complexity index is 1140. The first-order chi connectivity index (χ1) is 14.8. The van der Waals surface area contributed by atoms with Gasteiger partial charge in [-0.25, -0.2) is 8.42 Å². The lowest BCUT2D eigenvalue weighted by atomic mass is 10.1. The summed E-state index contributed by atoms with van der Waals surface area (Å²) in [4.78, 5) is 13.1. The second-order valence-electron chi connectivity index (χ2n) is 7.35. The summed E-state index contributed by atoms with van der Waals surface area (Å²) >= 11 is 0. The topological polar surface area (TPSA) is 84.5 Å². The van der Waals surface area contributed by atoms with Crippen LogP contribution < -0.4 is 14.8 Å². The summed E-state index contributed by atoms with van der Waals surface area (Å²) in [5.74, 6) is 0.165. The van der Waals surface area contributed by atoms with E-state index in [0.29, 0.717) is 17.0 Å². The number of nitrogens with one attached hydrogen (secondary N) is 2. The Balaban J connectivity index is 1.87. The molecule has 0 unspecified atom stereocenters. The third-order valence-corrected chi connectivity index (χ3v) is 6.36. The van der Waals surface area contributed by atoms with Crippen LogP contribution in [-0.4, -0.2) is 27.5 Å². The van der Waals surface area contributed by atoms with Gasteiger partial charge in [0.05, 0.1) is 12.0 Å². The van der Waals surface area contributed by atoms with Crippen molar-refractivity contribution in [3.05, 3.63) is 89.5 Å². The van der Waals surface area contributed by atoms with Gasteiger partial charge in [0, 0.05) is 5.69 Å². The molecular formula is C24H26N2O4S. The zero-order chi connectivity index (χ0) is 22.4. The third-order valence-electron chi connectivity index (χ3n) is 4.89. The van der Waals surface area contributed by atoms with E-state index in [1.165, 1.54) is 19.2 Å². The number of rotatable bonds is 8. The predicted octanol–water partition coefficient (Wildman–Crippen LogP) is 3.84. The molecule has 0 saturated carbocycles. The van der Waals surface area contributed by atoms with Gasteiger partial charge < -0.3 is 10.1 Å². The summed E-state index contributed by atoms with van der Waals surface area (Å²) in [6, 6.07) is 20.2. The molecule has 2 N–H and O–H groups in total. The highest BCUT2D eigenvalue weighted by Crippen LogP contribution is 2.22. The van der Waals surface area contributed by atoms with Crippen molar-refractivity contribution in [1.82, 2.24) is 4.72 Å². The standard InChI is InChI=1S/C24H26N2O4S/c1-17-9-11-20(12-10-17)25-24(27)22(16-19-7-5-4-6-8-19)26-31(28,29)21-13-14-23(30-3)18(2)15-21/h4-15,22,26H,16H2,1-3H3,(H,25,27)/t22-/m0/s1. The highest BCUT2D eigenvalue weighted by atomic mass is 32.2. The number of sulfonamides is 1. The third kappa shape index (κ3) is 5.93. The van der Waals surface area contributed by atoms with Crippen molar-refractivity contribution < 1.29 is 17.9 Å². The number of anilines is 1. The van der Waals surface area contributed by atoms with E-state index in [1.807, 2.05) is 49.4 Å². The molecule has 0 aromatic heterocycles. The van der Waals surface area contributed by atoms with Gasteiger partial charge in [-0.2, -0.15) is 4.72 Å². The van der Waals surface area contributed by atoms with Gasteiger partial charge >= 0.3 is 0 Å². The molecule has 0 bridgehead atoms. The summed E-state index contributed by atoms with van der Waals surface area (Å²) in [6.45, 7) is 3.72. The van der Waals surface area contributed by atoms with Gasteiger partial charge in [-0.1, -0.05) is 48.0 Å². The molecule has 0 aliphatic carbocycles. The predicted molar refractivity (Wildman–Crippen MR) is 122 cm³/mol. The zero-order valence-electron chi connectivity index (χ0n) is 17.8. The zero-order valence-corrected chi connectivity index (χ0v) is 18.6. The van der Waals surface area contributed by atoms with Gasteiger partial charge in [0.1, 0.15) is 11.8 Å². The van der Waals surface area contributed by atoms with Crippen molar-refractivity contribution in [1.29, 1.82) is 0 Å². The van der Waals surface area contributed by atoms with Crippen molar-refractivity contribution in [2.45, 2.75) is 31.2 Å². The second kappa shape index (κ2) is 9.76. The molecular weight excluding hydrogens is 412 g/mol. The SMILES string of the molecule is COc1ccc(S(=O)(=O)N[C@@H](Cc2ccccc2)C(=O)Nc2ccc(C)cc2)cc1C. The first-order valence-corrected chi connectivity index (χ1v) is 11.4. The van der Waals surface area contributed by atoms with E-state index in [4.69, 9.17) is 4.74 Å². The highest BCUT2D eigenvalue weighted by molar-refractivity contribution is 7.89. The van der Waals surface area contributed by atoms with E-state index < -0.39 is 22.0 Å². The van der Waals surface area contributed by atoms with Crippen molar-refractivity contribution in [2.75, 3.05) is 12.4 Å². The molecule has 0 aliphatic heterocycles. The number of hydrogen-bond acceptors (Lipinski definition) is 4. The maximum absolute atomic E-state index is 13.1. The van der Waals surface area contributed by atoms with Crippen LogP contribution in [0.15, 0.2) is 77.7 Å². The fraction of sp³-hybridized carbons (Fsp3) is 0.208. The number of carbonyl (C=O) groups is 1. The van der Waals surface area contributed by atoms with Crippen molar-refractivity contribution in [2.24, 2.45) is 0 Å². The summed E-state index contributed by atoms with van der Waals surface area (Å²) in [5.41, 5.74) is 3.21. The van der Waals surface area contributed by atoms with E-state index >= 15 is 0 Å². The minimum atomic E-state index is -3.94. The Labute approximate surface area is 183 Å². The maximum atomic E-state index is 13.1. The molecule has 162 valence electrons. The molecule has 0 heterocycles. The molecule has 0 fully saturated rings. The van der Waals surface area contributed by atoms with E-state index in [9.17, 15) is 13.2 Å². The van der Waals surface area contributed by atoms with E-state index in [2.05, 4.69) is 10.0 Å². The fourth-order valence-electron chi connectivity index (χ4n) is 3.18. The fourth-order valence-corrected chi connectivity index (χ4v) is 4.46. The second-order valence-corrected chi connectivity index (χ2v) is 9.06. The molecule has 3 aromatic carbocycles. The number of aryl methyl sites for hydroxylation is 2. The summed E-state index contributed by atoms with van der Waals surface area (Å²) in [5, 5.41) is 2.81. The minimum Gasteiger partial charge on any atom is -0.496 e. The van der Waals surface area contributed by atoms with Crippen LogP contribution >= 0.6 is 0 Å². The molecule has 3 aromatic rings. The molecule has 6 nitrogen and oxygen atoms in total. The number of amides is 1. The lowest BCUT2D eigenvalue weighted by Gasteiger charge is -2.19. The van der Waals surface area contributed by atoms with Gasteiger partial charge in [-0.3, -0.25) is 4.79 Å². The molecule has 0 aliphatic rings. The van der Waals surface area contributed by atoms with Gasteiger partial charge in [0.25, 0.3) is 0 Å². The lowest BCUT2D eigenvalue weighted by molar-refractivity contribution is -0.117.